The highest BCUT2D eigenvalue weighted by molar-refractivity contribution is 5.65. The molecule has 0 spiro atoms. The Labute approximate surface area is 86.1 Å². The first kappa shape index (κ1) is 13.2. The number of unbranched alkanes of at least 4 members (excludes halogenated alkanes) is 2. The van der Waals surface area contributed by atoms with E-state index in [0.29, 0.717) is 13.2 Å². The summed E-state index contributed by atoms with van der Waals surface area (Å²) in [5.41, 5.74) is 0. The monoisotopic (exact) mass is 203 g/mol. The van der Waals surface area contributed by atoms with Gasteiger partial charge in [0, 0.05) is 0 Å². The lowest BCUT2D eigenvalue weighted by Gasteiger charge is -2.19. The van der Waals surface area contributed by atoms with E-state index in [1.165, 1.54) is 12.2 Å². The fourth-order valence-corrected chi connectivity index (χ4v) is 0.931. The van der Waals surface area contributed by atoms with Crippen molar-refractivity contribution in [1.82, 2.24) is 5.06 Å². The maximum atomic E-state index is 11.2. The van der Waals surface area contributed by atoms with Gasteiger partial charge in [0.15, 0.2) is 0 Å². The molecule has 0 radical (unpaired) electrons. The number of nitrogens with zero attached hydrogens (tertiary/aromatic N) is 1. The number of carbonyl (C=O) groups is 1. The van der Waals surface area contributed by atoms with Crippen molar-refractivity contribution in [2.24, 2.45) is 0 Å². The highest BCUT2D eigenvalue weighted by Crippen LogP contribution is 2.00. The highest BCUT2D eigenvalue weighted by atomic mass is 16.7. The molecule has 0 saturated carbocycles. The molecule has 0 heterocycles. The molecule has 0 aromatic rings. The standard InChI is InChI=1S/C10H21NO3/c1-4-6-8-11(10(12)13-3)14-9-7-5-2/h4-9H2,1-3H3. The van der Waals surface area contributed by atoms with Crippen LogP contribution in [0.5, 0.6) is 0 Å². The number of hydrogen-bond acceptors (Lipinski definition) is 3. The quantitative estimate of drug-likeness (QED) is 0.471. The molecule has 0 saturated heterocycles. The maximum Gasteiger partial charge on any atom is 0.433 e. The van der Waals surface area contributed by atoms with Gasteiger partial charge in [0.05, 0.1) is 20.3 Å². The van der Waals surface area contributed by atoms with Crippen LogP contribution >= 0.6 is 0 Å². The third kappa shape index (κ3) is 5.80. The summed E-state index contributed by atoms with van der Waals surface area (Å²) >= 11 is 0. The van der Waals surface area contributed by atoms with Gasteiger partial charge in [-0.2, -0.15) is 5.06 Å². The molecule has 0 aliphatic rings. The van der Waals surface area contributed by atoms with Crippen LogP contribution in [0.1, 0.15) is 39.5 Å². The Hall–Kier alpha value is -0.770. The zero-order valence-electron chi connectivity index (χ0n) is 9.41. The lowest BCUT2D eigenvalue weighted by atomic mass is 10.3. The van der Waals surface area contributed by atoms with E-state index in [2.05, 4.69) is 18.6 Å². The number of hydroxylamine groups is 2. The number of ether oxygens (including phenoxy) is 1. The van der Waals surface area contributed by atoms with E-state index in [1.54, 1.807) is 0 Å². The van der Waals surface area contributed by atoms with Gasteiger partial charge >= 0.3 is 6.09 Å². The second-order valence-electron chi connectivity index (χ2n) is 3.11. The molecule has 14 heavy (non-hydrogen) atoms. The molecule has 0 aliphatic carbocycles. The van der Waals surface area contributed by atoms with Crippen molar-refractivity contribution in [3.8, 4) is 0 Å². The van der Waals surface area contributed by atoms with E-state index in [4.69, 9.17) is 4.84 Å². The van der Waals surface area contributed by atoms with Gasteiger partial charge in [0.2, 0.25) is 0 Å². The van der Waals surface area contributed by atoms with Crippen molar-refractivity contribution >= 4 is 6.09 Å². The van der Waals surface area contributed by atoms with Crippen LogP contribution in [0, 0.1) is 0 Å². The molecular formula is C10H21NO3. The first-order valence-electron chi connectivity index (χ1n) is 5.24. The predicted molar refractivity (Wildman–Crippen MR) is 54.9 cm³/mol. The highest BCUT2D eigenvalue weighted by Gasteiger charge is 2.13. The predicted octanol–water partition coefficient (Wildman–Crippen LogP) is 2.59. The summed E-state index contributed by atoms with van der Waals surface area (Å²) in [6.45, 7) is 5.33. The molecule has 0 bridgehead atoms. The Morgan fingerprint density at radius 2 is 1.86 bits per heavy atom. The van der Waals surface area contributed by atoms with Crippen molar-refractivity contribution in [2.75, 3.05) is 20.3 Å². The van der Waals surface area contributed by atoms with Crippen LogP contribution in [0.2, 0.25) is 0 Å². The Bertz CT molecular complexity index is 150. The average molecular weight is 203 g/mol. The van der Waals surface area contributed by atoms with Crippen LogP contribution in [-0.2, 0) is 9.57 Å². The molecule has 1 amide bonds. The molecule has 0 N–H and O–H groups in total. The largest absolute Gasteiger partial charge is 0.451 e. The Morgan fingerprint density at radius 1 is 1.21 bits per heavy atom. The van der Waals surface area contributed by atoms with E-state index >= 15 is 0 Å². The summed E-state index contributed by atoms with van der Waals surface area (Å²) in [4.78, 5) is 16.5. The van der Waals surface area contributed by atoms with Crippen molar-refractivity contribution < 1.29 is 14.4 Å². The minimum Gasteiger partial charge on any atom is -0.451 e. The van der Waals surface area contributed by atoms with Crippen molar-refractivity contribution in [3.63, 3.8) is 0 Å². The van der Waals surface area contributed by atoms with Crippen LogP contribution in [-0.4, -0.2) is 31.4 Å². The summed E-state index contributed by atoms with van der Waals surface area (Å²) < 4.78 is 4.60. The number of methoxy groups -OCH3 is 1. The molecule has 0 atom stereocenters. The SMILES string of the molecule is CCCCON(CCCC)C(=O)OC. The van der Waals surface area contributed by atoms with E-state index in [0.717, 1.165) is 25.7 Å². The van der Waals surface area contributed by atoms with Gasteiger partial charge in [-0.15, -0.1) is 0 Å². The van der Waals surface area contributed by atoms with Crippen LogP contribution in [0.15, 0.2) is 0 Å². The average Bonchev–Trinajstić information content (AvgIpc) is 2.22. The maximum absolute atomic E-state index is 11.2. The first-order valence-corrected chi connectivity index (χ1v) is 5.24. The van der Waals surface area contributed by atoms with Crippen LogP contribution in [0.4, 0.5) is 4.79 Å². The summed E-state index contributed by atoms with van der Waals surface area (Å²) in [7, 11) is 1.37. The second-order valence-corrected chi connectivity index (χ2v) is 3.11. The van der Waals surface area contributed by atoms with Crippen LogP contribution < -0.4 is 0 Å². The van der Waals surface area contributed by atoms with E-state index in [1.807, 2.05) is 0 Å². The van der Waals surface area contributed by atoms with Crippen molar-refractivity contribution in [3.05, 3.63) is 0 Å². The fraction of sp³-hybridized carbons (Fsp3) is 0.900. The normalized spacial score (nSPS) is 9.93. The second kappa shape index (κ2) is 8.81. The van der Waals surface area contributed by atoms with E-state index in [9.17, 15) is 4.79 Å². The third-order valence-corrected chi connectivity index (χ3v) is 1.84. The molecule has 0 fully saturated rings. The molecule has 0 aromatic heterocycles. The molecule has 4 heteroatoms. The van der Waals surface area contributed by atoms with Gasteiger partial charge in [-0.3, -0.25) is 4.84 Å². The zero-order chi connectivity index (χ0) is 10.8. The lowest BCUT2D eigenvalue weighted by Crippen LogP contribution is -2.32. The van der Waals surface area contributed by atoms with Gasteiger partial charge < -0.3 is 4.74 Å². The molecule has 4 nitrogen and oxygen atoms in total. The summed E-state index contributed by atoms with van der Waals surface area (Å²) in [6.07, 6.45) is 3.57. The van der Waals surface area contributed by atoms with Crippen LogP contribution in [0.3, 0.4) is 0 Å². The van der Waals surface area contributed by atoms with Gasteiger partial charge in [-0.25, -0.2) is 4.79 Å². The molecule has 84 valence electrons. The van der Waals surface area contributed by atoms with Crippen molar-refractivity contribution in [2.45, 2.75) is 39.5 Å². The van der Waals surface area contributed by atoms with Gasteiger partial charge in [0.1, 0.15) is 0 Å². The molecule has 0 aromatic carbocycles. The Morgan fingerprint density at radius 3 is 2.36 bits per heavy atom. The minimum absolute atomic E-state index is 0.408. The van der Waals surface area contributed by atoms with E-state index in [-0.39, 0.29) is 0 Å². The number of amides is 1. The van der Waals surface area contributed by atoms with Gasteiger partial charge in [-0.1, -0.05) is 26.7 Å². The molecular weight excluding hydrogens is 182 g/mol. The summed E-state index contributed by atoms with van der Waals surface area (Å²) in [5.74, 6) is 0. The first-order chi connectivity index (χ1) is 6.76. The van der Waals surface area contributed by atoms with Crippen molar-refractivity contribution in [1.29, 1.82) is 0 Å². The number of carbonyl (C=O) groups excluding carboxylic acids is 1. The minimum atomic E-state index is -0.408. The van der Waals surface area contributed by atoms with Crippen LogP contribution in [0.25, 0.3) is 0 Å². The Balaban J connectivity index is 3.78. The van der Waals surface area contributed by atoms with E-state index < -0.39 is 6.09 Å². The number of hydrogen-bond donors (Lipinski definition) is 0. The molecule has 0 aliphatic heterocycles. The zero-order valence-corrected chi connectivity index (χ0v) is 9.41. The fourth-order valence-electron chi connectivity index (χ4n) is 0.931. The third-order valence-electron chi connectivity index (χ3n) is 1.84. The molecule has 0 unspecified atom stereocenters. The summed E-state index contributed by atoms with van der Waals surface area (Å²) in [5, 5.41) is 1.30. The Kier molecular flexibility index (Phi) is 8.33. The lowest BCUT2D eigenvalue weighted by molar-refractivity contribution is -0.135. The molecule has 0 rings (SSSR count). The smallest absolute Gasteiger partial charge is 0.433 e. The summed E-state index contributed by atoms with van der Waals surface area (Å²) in [6, 6.07) is 0. The van der Waals surface area contributed by atoms with Gasteiger partial charge in [0.25, 0.3) is 0 Å². The van der Waals surface area contributed by atoms with Gasteiger partial charge in [-0.05, 0) is 12.8 Å². The topological polar surface area (TPSA) is 38.8 Å². The number of rotatable bonds is 7.